The van der Waals surface area contributed by atoms with Gasteiger partial charge in [-0.25, -0.2) is 8.42 Å². The van der Waals surface area contributed by atoms with Crippen LogP contribution in [-0.2, 0) is 9.84 Å². The van der Waals surface area contributed by atoms with Gasteiger partial charge in [0.05, 0.1) is 21.4 Å². The maximum atomic E-state index is 11.5. The first kappa shape index (κ1) is 17.2. The average molecular weight is 401 g/mol. The molecule has 0 heterocycles. The van der Waals surface area contributed by atoms with E-state index in [9.17, 15) is 18.5 Å². The average Bonchev–Trinajstić information content (AvgIpc) is 2.48. The Hall–Kier alpha value is -2.13. The van der Waals surface area contributed by atoms with E-state index in [-0.39, 0.29) is 16.3 Å². The lowest BCUT2D eigenvalue weighted by molar-refractivity contribution is -0.384. The molecule has 0 amide bonds. The molecule has 0 aliphatic heterocycles. The summed E-state index contributed by atoms with van der Waals surface area (Å²) in [5, 5.41) is 14.1. The fraction of sp³-hybridized carbons (Fsp3) is 0.143. The molecule has 0 aliphatic rings. The Labute approximate surface area is 141 Å². The minimum Gasteiger partial charge on any atom is -0.495 e. The van der Waals surface area contributed by atoms with Gasteiger partial charge in [-0.05, 0) is 40.2 Å². The number of hydrogen-bond donors (Lipinski definition) is 1. The van der Waals surface area contributed by atoms with Crippen molar-refractivity contribution < 1.29 is 18.1 Å². The maximum Gasteiger partial charge on any atom is 0.293 e. The molecule has 0 bridgehead atoms. The van der Waals surface area contributed by atoms with Crippen LogP contribution in [0.1, 0.15) is 0 Å². The topological polar surface area (TPSA) is 98.5 Å². The van der Waals surface area contributed by atoms with Gasteiger partial charge in [0.1, 0.15) is 11.4 Å². The van der Waals surface area contributed by atoms with Crippen LogP contribution in [0.2, 0.25) is 0 Å². The SMILES string of the molecule is COc1cc(Nc2ccc(S(C)(=O)=O)cc2[N+](=O)[O-])ccc1Br. The molecule has 0 atom stereocenters. The molecule has 9 heteroatoms. The van der Waals surface area contributed by atoms with Crippen molar-refractivity contribution in [3.8, 4) is 5.75 Å². The number of sulfone groups is 1. The highest BCUT2D eigenvalue weighted by Gasteiger charge is 2.19. The van der Waals surface area contributed by atoms with E-state index in [0.717, 1.165) is 16.8 Å². The van der Waals surface area contributed by atoms with Crippen molar-refractivity contribution in [2.75, 3.05) is 18.7 Å². The third kappa shape index (κ3) is 3.99. The van der Waals surface area contributed by atoms with Crippen molar-refractivity contribution in [3.63, 3.8) is 0 Å². The van der Waals surface area contributed by atoms with Crippen LogP contribution in [0.3, 0.4) is 0 Å². The highest BCUT2D eigenvalue weighted by Crippen LogP contribution is 2.33. The summed E-state index contributed by atoms with van der Waals surface area (Å²) in [6, 6.07) is 8.83. The van der Waals surface area contributed by atoms with Gasteiger partial charge < -0.3 is 10.1 Å². The molecular weight excluding hydrogens is 388 g/mol. The molecular formula is C14H13BrN2O5S. The van der Waals surface area contributed by atoms with Crippen LogP contribution in [0.25, 0.3) is 0 Å². The van der Waals surface area contributed by atoms with Crippen molar-refractivity contribution in [1.82, 2.24) is 0 Å². The molecule has 122 valence electrons. The summed E-state index contributed by atoms with van der Waals surface area (Å²) in [7, 11) is -2.02. The van der Waals surface area contributed by atoms with Crippen molar-refractivity contribution in [3.05, 3.63) is 51.0 Å². The van der Waals surface area contributed by atoms with E-state index in [1.54, 1.807) is 18.2 Å². The molecule has 7 nitrogen and oxygen atoms in total. The number of methoxy groups -OCH3 is 1. The molecule has 2 aromatic rings. The summed E-state index contributed by atoms with van der Waals surface area (Å²) in [5.74, 6) is 0.561. The Morgan fingerprint density at radius 2 is 1.91 bits per heavy atom. The maximum absolute atomic E-state index is 11.5. The lowest BCUT2D eigenvalue weighted by atomic mass is 10.2. The van der Waals surface area contributed by atoms with E-state index in [1.165, 1.54) is 19.2 Å². The minimum absolute atomic E-state index is 0.108. The van der Waals surface area contributed by atoms with E-state index in [0.29, 0.717) is 11.4 Å². The van der Waals surface area contributed by atoms with Gasteiger partial charge in [0.2, 0.25) is 0 Å². The number of halogens is 1. The van der Waals surface area contributed by atoms with Gasteiger partial charge in [-0.3, -0.25) is 10.1 Å². The number of nitro benzene ring substituents is 1. The number of rotatable bonds is 5. The first-order valence-corrected chi connectivity index (χ1v) is 9.00. The fourth-order valence-corrected chi connectivity index (χ4v) is 2.94. The third-order valence-corrected chi connectivity index (χ3v) is 4.79. The predicted molar refractivity (Wildman–Crippen MR) is 90.2 cm³/mol. The van der Waals surface area contributed by atoms with Gasteiger partial charge in [0.15, 0.2) is 9.84 Å². The van der Waals surface area contributed by atoms with Crippen molar-refractivity contribution >= 4 is 42.8 Å². The van der Waals surface area contributed by atoms with Gasteiger partial charge in [-0.1, -0.05) is 0 Å². The second kappa shape index (κ2) is 6.55. The molecule has 0 unspecified atom stereocenters. The summed E-state index contributed by atoms with van der Waals surface area (Å²) in [4.78, 5) is 10.5. The van der Waals surface area contributed by atoms with Crippen LogP contribution in [0.4, 0.5) is 17.1 Å². The number of benzene rings is 2. The van der Waals surface area contributed by atoms with Crippen LogP contribution in [-0.4, -0.2) is 26.7 Å². The predicted octanol–water partition coefficient (Wildman–Crippen LogP) is 3.51. The van der Waals surface area contributed by atoms with Crippen LogP contribution < -0.4 is 10.1 Å². The molecule has 1 N–H and O–H groups in total. The highest BCUT2D eigenvalue weighted by molar-refractivity contribution is 9.10. The minimum atomic E-state index is -3.52. The zero-order valence-corrected chi connectivity index (χ0v) is 14.6. The molecule has 23 heavy (non-hydrogen) atoms. The number of nitro groups is 1. The van der Waals surface area contributed by atoms with Crippen molar-refractivity contribution in [1.29, 1.82) is 0 Å². The monoisotopic (exact) mass is 400 g/mol. The Bertz CT molecular complexity index is 867. The second-order valence-electron chi connectivity index (χ2n) is 4.68. The van der Waals surface area contributed by atoms with Crippen LogP contribution in [0, 0.1) is 10.1 Å². The van der Waals surface area contributed by atoms with Gasteiger partial charge in [0, 0.05) is 24.1 Å². The first-order chi connectivity index (χ1) is 10.7. The van der Waals surface area contributed by atoms with Crippen molar-refractivity contribution in [2.45, 2.75) is 4.90 Å². The molecule has 0 saturated carbocycles. The number of ether oxygens (including phenoxy) is 1. The van der Waals surface area contributed by atoms with Gasteiger partial charge >= 0.3 is 0 Å². The molecule has 0 fully saturated rings. The Balaban J connectivity index is 2.46. The number of hydrogen-bond acceptors (Lipinski definition) is 6. The summed E-state index contributed by atoms with van der Waals surface area (Å²) >= 11 is 3.32. The molecule has 0 radical (unpaired) electrons. The Morgan fingerprint density at radius 1 is 1.22 bits per heavy atom. The van der Waals surface area contributed by atoms with Crippen LogP contribution in [0.5, 0.6) is 5.75 Å². The Morgan fingerprint density at radius 3 is 2.48 bits per heavy atom. The first-order valence-electron chi connectivity index (χ1n) is 6.31. The van der Waals surface area contributed by atoms with E-state index in [2.05, 4.69) is 21.2 Å². The van der Waals surface area contributed by atoms with Gasteiger partial charge in [-0.15, -0.1) is 0 Å². The lowest BCUT2D eigenvalue weighted by Crippen LogP contribution is -2.02. The normalized spacial score (nSPS) is 11.1. The standard InChI is InChI=1S/C14H13BrN2O5S/c1-22-14-7-9(3-5-11(14)15)16-12-6-4-10(23(2,20)21)8-13(12)17(18)19/h3-8,16H,1-2H3. The largest absolute Gasteiger partial charge is 0.495 e. The molecule has 0 aliphatic carbocycles. The molecule has 2 rings (SSSR count). The molecule has 0 spiro atoms. The zero-order chi connectivity index (χ0) is 17.2. The van der Waals surface area contributed by atoms with E-state index in [1.807, 2.05) is 0 Å². The smallest absolute Gasteiger partial charge is 0.293 e. The summed E-state index contributed by atoms with van der Waals surface area (Å²) in [5.41, 5.74) is 0.432. The van der Waals surface area contributed by atoms with Crippen LogP contribution in [0.15, 0.2) is 45.8 Å². The number of nitrogens with zero attached hydrogens (tertiary/aromatic N) is 1. The number of anilines is 2. The van der Waals surface area contributed by atoms with E-state index in [4.69, 9.17) is 4.74 Å². The second-order valence-corrected chi connectivity index (χ2v) is 7.55. The van der Waals surface area contributed by atoms with E-state index >= 15 is 0 Å². The summed E-state index contributed by atoms with van der Waals surface area (Å²) in [6.45, 7) is 0. The van der Waals surface area contributed by atoms with Crippen molar-refractivity contribution in [2.24, 2.45) is 0 Å². The van der Waals surface area contributed by atoms with Gasteiger partial charge in [0.25, 0.3) is 5.69 Å². The Kier molecular flexibility index (Phi) is 4.90. The summed E-state index contributed by atoms with van der Waals surface area (Å²) < 4.78 is 29.0. The van der Waals surface area contributed by atoms with E-state index < -0.39 is 14.8 Å². The third-order valence-electron chi connectivity index (χ3n) is 3.02. The number of nitrogens with one attached hydrogen (secondary N) is 1. The zero-order valence-electron chi connectivity index (χ0n) is 12.2. The summed E-state index contributed by atoms with van der Waals surface area (Å²) in [6.07, 6.45) is 0.999. The van der Waals surface area contributed by atoms with Gasteiger partial charge in [-0.2, -0.15) is 0 Å². The fourth-order valence-electron chi connectivity index (χ4n) is 1.89. The molecule has 0 aromatic heterocycles. The quantitative estimate of drug-likeness (QED) is 0.608. The highest BCUT2D eigenvalue weighted by atomic mass is 79.9. The lowest BCUT2D eigenvalue weighted by Gasteiger charge is -2.10. The van der Waals surface area contributed by atoms with Crippen LogP contribution >= 0.6 is 15.9 Å². The molecule has 2 aromatic carbocycles. The molecule has 0 saturated heterocycles.